The number of aliphatic hydroxyl groups excluding tert-OH is 1. The molecule has 0 fully saturated rings. The topological polar surface area (TPSA) is 237 Å². The SMILES string of the molecule is CC/C=C\C/C=C\C/C=C\C/C=C\C/C=C\CCCC(=O)OCC(COP(=O)(O)OCC(O)COP(=O)(O)OCC(COC(=O)CCCCCCCCCCCCCCCCC)OC(=O)CCCCCCC/C=C\CCCCCC)OC(=O)CCCC/C=C\C/C=C\C/C=C\C/C=C\CC. The Hall–Kier alpha value is -4.54. The van der Waals surface area contributed by atoms with Crippen molar-refractivity contribution in [1.82, 2.24) is 0 Å². The van der Waals surface area contributed by atoms with Crippen LogP contribution in [0.3, 0.4) is 0 Å². The first kappa shape index (κ1) is 95.5. The molecule has 0 rings (SSSR count). The molecule has 17 nitrogen and oxygen atoms in total. The first-order valence-electron chi connectivity index (χ1n) is 38.8. The molecule has 3 N–H and O–H groups in total. The average molecular weight is 1450 g/mol. The van der Waals surface area contributed by atoms with Gasteiger partial charge in [0.25, 0.3) is 0 Å². The Bertz CT molecular complexity index is 2370. The van der Waals surface area contributed by atoms with Crippen molar-refractivity contribution >= 4 is 39.5 Å². The van der Waals surface area contributed by atoms with Crippen LogP contribution in [0.15, 0.2) is 122 Å². The third kappa shape index (κ3) is 71.8. The van der Waals surface area contributed by atoms with E-state index in [9.17, 15) is 43.2 Å². The number of allylic oxidation sites excluding steroid dienone is 20. The third-order valence-electron chi connectivity index (χ3n) is 15.9. The minimum absolute atomic E-state index is 0.0279. The number of carbonyl (C=O) groups excluding carboxylic acids is 4. The Morgan fingerprint density at radius 2 is 0.530 bits per heavy atom. The van der Waals surface area contributed by atoms with Crippen LogP contribution in [0.25, 0.3) is 0 Å². The van der Waals surface area contributed by atoms with Gasteiger partial charge in [0.1, 0.15) is 19.3 Å². The van der Waals surface area contributed by atoms with Gasteiger partial charge in [0.15, 0.2) is 12.2 Å². The van der Waals surface area contributed by atoms with E-state index in [0.717, 1.165) is 122 Å². The molecule has 0 aromatic heterocycles. The first-order chi connectivity index (χ1) is 48.7. The van der Waals surface area contributed by atoms with E-state index < -0.39 is 97.5 Å². The lowest BCUT2D eigenvalue weighted by atomic mass is 10.0. The fourth-order valence-corrected chi connectivity index (χ4v) is 11.6. The van der Waals surface area contributed by atoms with Crippen LogP contribution < -0.4 is 0 Å². The molecule has 0 saturated carbocycles. The van der Waals surface area contributed by atoms with Gasteiger partial charge in [0.2, 0.25) is 0 Å². The van der Waals surface area contributed by atoms with Crippen molar-refractivity contribution in [1.29, 1.82) is 0 Å². The summed E-state index contributed by atoms with van der Waals surface area (Å²) in [5.41, 5.74) is 0. The van der Waals surface area contributed by atoms with Crippen LogP contribution in [-0.4, -0.2) is 96.7 Å². The van der Waals surface area contributed by atoms with Crippen molar-refractivity contribution in [2.24, 2.45) is 0 Å². The van der Waals surface area contributed by atoms with Crippen LogP contribution in [0.2, 0.25) is 0 Å². The van der Waals surface area contributed by atoms with E-state index in [-0.39, 0.29) is 25.7 Å². The van der Waals surface area contributed by atoms with Gasteiger partial charge in [0, 0.05) is 25.7 Å². The second-order valence-corrected chi connectivity index (χ2v) is 28.4. The van der Waals surface area contributed by atoms with Gasteiger partial charge in [-0.05, 0) is 128 Å². The molecule has 0 spiro atoms. The highest BCUT2D eigenvalue weighted by molar-refractivity contribution is 7.47. The zero-order valence-corrected chi connectivity index (χ0v) is 64.4. The highest BCUT2D eigenvalue weighted by Crippen LogP contribution is 2.45. The lowest BCUT2D eigenvalue weighted by molar-refractivity contribution is -0.161. The standard InChI is InChI=1S/C81H138O17P2/c1-5-9-13-17-21-25-29-33-36-37-40-43-46-50-54-58-62-66-79(84)92-72-77(98-81(86)68-64-60-56-52-48-44-39-35-31-27-23-19-15-11-7-3)74-96-100(89,90)94-70-75(82)69-93-99(87,88)95-73-76(97-80(85)67-63-59-55-51-47-41-32-28-24-20-16-12-8-4)71-91-78(83)65-61-57-53-49-45-42-38-34-30-26-22-18-14-10-6-2/h9,11,13,15,21,23,25,27-28,32-33,35-36,39-40,43,48,50,52,54,75-77,82H,5-8,10,12,14,16-20,22,24,26,29-31,34,37-38,41-42,44-47,49,51,53,55-74H2,1-4H3,(H,87,88)(H,89,90)/b13-9-,15-11-,25-21-,27-23-,32-28-,36-33-,39-35-,43-40-,52-48-,54-50-. The summed E-state index contributed by atoms with van der Waals surface area (Å²) in [5.74, 6) is -2.29. The number of rotatable bonds is 72. The van der Waals surface area contributed by atoms with E-state index in [1.54, 1.807) is 0 Å². The lowest BCUT2D eigenvalue weighted by Crippen LogP contribution is -2.30. The summed E-state index contributed by atoms with van der Waals surface area (Å²) in [4.78, 5) is 72.9. The van der Waals surface area contributed by atoms with Crippen LogP contribution in [-0.2, 0) is 65.4 Å². The second-order valence-electron chi connectivity index (χ2n) is 25.5. The number of hydrogen-bond donors (Lipinski definition) is 3. The van der Waals surface area contributed by atoms with Crippen LogP contribution in [0, 0.1) is 0 Å². The minimum Gasteiger partial charge on any atom is -0.462 e. The molecule has 0 aliphatic heterocycles. The smallest absolute Gasteiger partial charge is 0.462 e. The summed E-state index contributed by atoms with van der Waals surface area (Å²) in [6, 6.07) is 0. The molecule has 574 valence electrons. The molecule has 5 unspecified atom stereocenters. The number of aliphatic hydroxyl groups is 1. The molecule has 0 heterocycles. The number of carbonyl (C=O) groups is 4. The predicted octanol–water partition coefficient (Wildman–Crippen LogP) is 22.3. The highest BCUT2D eigenvalue weighted by atomic mass is 31.2. The van der Waals surface area contributed by atoms with Crippen molar-refractivity contribution in [3.63, 3.8) is 0 Å². The molecule has 0 radical (unpaired) electrons. The van der Waals surface area contributed by atoms with Crippen molar-refractivity contribution in [3.05, 3.63) is 122 Å². The molecule has 0 aromatic rings. The summed E-state index contributed by atoms with van der Waals surface area (Å²) in [6.07, 6.45) is 79.1. The Labute approximate surface area is 606 Å². The summed E-state index contributed by atoms with van der Waals surface area (Å²) in [6.45, 7) is 4.52. The number of unbranched alkanes of at least 4 members (excludes halogenated alkanes) is 26. The van der Waals surface area contributed by atoms with Gasteiger partial charge in [-0.2, -0.15) is 0 Å². The Balaban J connectivity index is 5.43. The van der Waals surface area contributed by atoms with E-state index in [2.05, 4.69) is 137 Å². The van der Waals surface area contributed by atoms with Crippen LogP contribution >= 0.6 is 15.6 Å². The van der Waals surface area contributed by atoms with Crippen molar-refractivity contribution in [2.75, 3.05) is 39.6 Å². The van der Waals surface area contributed by atoms with Gasteiger partial charge in [-0.25, -0.2) is 9.13 Å². The van der Waals surface area contributed by atoms with E-state index >= 15 is 0 Å². The van der Waals surface area contributed by atoms with Crippen LogP contribution in [0.1, 0.15) is 310 Å². The largest absolute Gasteiger partial charge is 0.472 e. The second kappa shape index (κ2) is 72.8. The minimum atomic E-state index is -5.00. The van der Waals surface area contributed by atoms with Crippen molar-refractivity contribution in [3.8, 4) is 0 Å². The third-order valence-corrected chi connectivity index (χ3v) is 17.8. The first-order valence-corrected chi connectivity index (χ1v) is 41.8. The van der Waals surface area contributed by atoms with Crippen molar-refractivity contribution < 1.29 is 80.2 Å². The molecular formula is C81H138O17P2. The van der Waals surface area contributed by atoms with E-state index in [1.807, 2.05) is 12.2 Å². The summed E-state index contributed by atoms with van der Waals surface area (Å²) in [7, 11) is -9.98. The van der Waals surface area contributed by atoms with E-state index in [1.165, 1.54) is 96.3 Å². The zero-order chi connectivity index (χ0) is 73.2. The van der Waals surface area contributed by atoms with Gasteiger partial charge in [-0.1, -0.05) is 278 Å². The zero-order valence-electron chi connectivity index (χ0n) is 62.6. The van der Waals surface area contributed by atoms with E-state index in [0.29, 0.717) is 38.5 Å². The van der Waals surface area contributed by atoms with Gasteiger partial charge in [-0.3, -0.25) is 37.3 Å². The van der Waals surface area contributed by atoms with Gasteiger partial charge in [-0.15, -0.1) is 0 Å². The molecular weight excluding hydrogens is 1310 g/mol. The lowest BCUT2D eigenvalue weighted by Gasteiger charge is -2.21. The maximum absolute atomic E-state index is 13.1. The Morgan fingerprint density at radius 3 is 0.880 bits per heavy atom. The number of hydrogen-bond acceptors (Lipinski definition) is 15. The molecule has 0 aromatic carbocycles. The molecule has 0 aliphatic carbocycles. The molecule has 0 amide bonds. The number of phosphoric acid groups is 2. The average Bonchev–Trinajstić information content (AvgIpc) is 1.06. The van der Waals surface area contributed by atoms with Gasteiger partial charge < -0.3 is 33.8 Å². The summed E-state index contributed by atoms with van der Waals surface area (Å²) >= 11 is 0. The fraction of sp³-hybridized carbons (Fsp3) is 0.704. The number of ether oxygens (including phenoxy) is 4. The summed E-state index contributed by atoms with van der Waals surface area (Å²) < 4.78 is 68.4. The quantitative estimate of drug-likeness (QED) is 0.0169. The van der Waals surface area contributed by atoms with Crippen LogP contribution in [0.4, 0.5) is 0 Å². The molecule has 0 aliphatic rings. The Morgan fingerprint density at radius 1 is 0.290 bits per heavy atom. The Kier molecular flexibility index (Phi) is 69.5. The predicted molar refractivity (Wildman–Crippen MR) is 408 cm³/mol. The maximum atomic E-state index is 13.1. The number of esters is 4. The van der Waals surface area contributed by atoms with Crippen molar-refractivity contribution in [2.45, 2.75) is 329 Å². The molecule has 5 atom stereocenters. The van der Waals surface area contributed by atoms with Gasteiger partial charge >= 0.3 is 39.5 Å². The highest BCUT2D eigenvalue weighted by Gasteiger charge is 2.30. The fourth-order valence-electron chi connectivity index (χ4n) is 10.1. The summed E-state index contributed by atoms with van der Waals surface area (Å²) in [5, 5.41) is 10.6. The van der Waals surface area contributed by atoms with Gasteiger partial charge in [0.05, 0.1) is 26.4 Å². The number of phosphoric ester groups is 2. The monoisotopic (exact) mass is 1440 g/mol. The normalized spacial score (nSPS) is 14.6. The molecule has 0 saturated heterocycles. The molecule has 100 heavy (non-hydrogen) atoms. The van der Waals surface area contributed by atoms with E-state index in [4.69, 9.17) is 37.0 Å². The molecule has 19 heteroatoms. The maximum Gasteiger partial charge on any atom is 0.472 e. The molecule has 0 bridgehead atoms. The van der Waals surface area contributed by atoms with Crippen LogP contribution in [0.5, 0.6) is 0 Å².